The van der Waals surface area contributed by atoms with Crippen LogP contribution in [-0.4, -0.2) is 39.1 Å². The first-order valence-corrected chi connectivity index (χ1v) is 11.1. The van der Waals surface area contributed by atoms with Crippen molar-refractivity contribution in [2.45, 2.75) is 24.2 Å². The molecule has 29 heavy (non-hydrogen) atoms. The van der Waals surface area contributed by atoms with Crippen LogP contribution in [0.4, 0.5) is 11.4 Å². The first-order chi connectivity index (χ1) is 14.1. The zero-order valence-corrected chi connectivity index (χ0v) is 16.5. The minimum absolute atomic E-state index is 0.125. The molecule has 1 saturated heterocycles. The highest BCUT2D eigenvalue weighted by atomic mass is 32.2. The Hall–Kier alpha value is -3.00. The lowest BCUT2D eigenvalue weighted by Crippen LogP contribution is -2.39. The third kappa shape index (κ3) is 2.95. The van der Waals surface area contributed by atoms with Gasteiger partial charge in [0.1, 0.15) is 0 Å². The van der Waals surface area contributed by atoms with Crippen molar-refractivity contribution in [1.82, 2.24) is 4.90 Å². The fraction of sp³-hybridized carbons (Fsp3) is 0.286. The molecule has 2 aromatic carbocycles. The molecule has 3 aliphatic rings. The molecule has 3 aliphatic heterocycles. The van der Waals surface area contributed by atoms with Gasteiger partial charge in [-0.2, -0.15) is 0 Å². The van der Waals surface area contributed by atoms with Crippen molar-refractivity contribution in [3.05, 3.63) is 53.6 Å². The van der Waals surface area contributed by atoms with Crippen LogP contribution in [0, 0.1) is 0 Å². The molecule has 2 aromatic rings. The molecule has 150 valence electrons. The number of anilines is 2. The highest BCUT2D eigenvalue weighted by Gasteiger charge is 2.38. The Kier molecular flexibility index (Phi) is 4.24. The van der Waals surface area contributed by atoms with Crippen molar-refractivity contribution in [3.63, 3.8) is 0 Å². The van der Waals surface area contributed by atoms with Crippen molar-refractivity contribution in [3.8, 4) is 11.5 Å². The molecular weight excluding hydrogens is 392 g/mol. The average molecular weight is 412 g/mol. The Morgan fingerprint density at radius 3 is 2.52 bits per heavy atom. The molecule has 0 aliphatic carbocycles. The van der Waals surface area contributed by atoms with Crippen LogP contribution in [-0.2, 0) is 14.6 Å². The maximum atomic E-state index is 13.3. The van der Waals surface area contributed by atoms with Gasteiger partial charge in [0.05, 0.1) is 10.6 Å². The Bertz CT molecular complexity index is 1120. The predicted molar refractivity (Wildman–Crippen MR) is 107 cm³/mol. The standard InChI is InChI=1S/C21H20N2O5S/c24-21(22-10-4-1-5-11-22)20-13-23(15-8-9-17-18(12-15)28-14-27-17)16-6-2-3-7-19(16)29(20,25)26/h2-3,6-9,12-13H,1,4-5,10-11,14H2. The molecule has 0 spiro atoms. The SMILES string of the molecule is O=C(C1=CN(c2ccc3c(c2)OCO3)c2ccccc2S1(=O)=O)N1CCCCC1. The fourth-order valence-electron chi connectivity index (χ4n) is 3.93. The van der Waals surface area contributed by atoms with Gasteiger partial charge in [0.2, 0.25) is 16.6 Å². The normalized spacial score (nSPS) is 19.5. The molecule has 0 N–H and O–H groups in total. The Morgan fingerprint density at radius 1 is 0.931 bits per heavy atom. The smallest absolute Gasteiger partial charge is 0.267 e. The van der Waals surface area contributed by atoms with Crippen molar-refractivity contribution < 1.29 is 22.7 Å². The number of hydrogen-bond acceptors (Lipinski definition) is 6. The van der Waals surface area contributed by atoms with Crippen molar-refractivity contribution in [1.29, 1.82) is 0 Å². The maximum absolute atomic E-state index is 13.3. The van der Waals surface area contributed by atoms with Gasteiger partial charge >= 0.3 is 0 Å². The van der Waals surface area contributed by atoms with Gasteiger partial charge in [-0.15, -0.1) is 0 Å². The summed E-state index contributed by atoms with van der Waals surface area (Å²) >= 11 is 0. The van der Waals surface area contributed by atoms with E-state index < -0.39 is 15.7 Å². The van der Waals surface area contributed by atoms with E-state index in [1.807, 2.05) is 6.07 Å². The molecular formula is C21H20N2O5S. The summed E-state index contributed by atoms with van der Waals surface area (Å²) in [6.45, 7) is 1.31. The summed E-state index contributed by atoms with van der Waals surface area (Å²) in [4.78, 5) is 16.4. The molecule has 3 heterocycles. The highest BCUT2D eigenvalue weighted by Crippen LogP contribution is 2.43. The van der Waals surface area contributed by atoms with Crippen LogP contribution in [0.1, 0.15) is 19.3 Å². The molecule has 7 nitrogen and oxygen atoms in total. The summed E-state index contributed by atoms with van der Waals surface area (Å²) in [5, 5.41) is 0. The van der Waals surface area contributed by atoms with E-state index in [1.54, 1.807) is 46.2 Å². The number of nitrogens with zero attached hydrogens (tertiary/aromatic N) is 2. The average Bonchev–Trinajstić information content (AvgIpc) is 3.22. The number of piperidine rings is 1. The van der Waals surface area contributed by atoms with Crippen LogP contribution in [0.2, 0.25) is 0 Å². The van der Waals surface area contributed by atoms with Crippen molar-refractivity contribution in [2.24, 2.45) is 0 Å². The van der Waals surface area contributed by atoms with Crippen molar-refractivity contribution >= 4 is 27.1 Å². The third-order valence-electron chi connectivity index (χ3n) is 5.44. The number of fused-ring (bicyclic) bond motifs is 2. The number of rotatable bonds is 2. The van der Waals surface area contributed by atoms with Crippen LogP contribution in [0.3, 0.4) is 0 Å². The zero-order chi connectivity index (χ0) is 20.0. The largest absolute Gasteiger partial charge is 0.454 e. The van der Waals surface area contributed by atoms with E-state index in [1.165, 1.54) is 6.20 Å². The summed E-state index contributed by atoms with van der Waals surface area (Å²) in [7, 11) is -3.91. The number of hydrogen-bond donors (Lipinski definition) is 0. The summed E-state index contributed by atoms with van der Waals surface area (Å²) in [5.41, 5.74) is 1.20. The quantitative estimate of drug-likeness (QED) is 0.754. The lowest BCUT2D eigenvalue weighted by molar-refractivity contribution is -0.127. The molecule has 0 saturated carbocycles. The zero-order valence-electron chi connectivity index (χ0n) is 15.7. The number of likely N-dealkylation sites (tertiary alicyclic amines) is 1. The van der Waals surface area contributed by atoms with Gasteiger partial charge in [-0.3, -0.25) is 4.79 Å². The molecule has 5 rings (SSSR count). The van der Waals surface area contributed by atoms with Gasteiger partial charge in [-0.25, -0.2) is 8.42 Å². The molecule has 0 bridgehead atoms. The van der Waals surface area contributed by atoms with Crippen LogP contribution in [0.5, 0.6) is 11.5 Å². The van der Waals surface area contributed by atoms with Gasteiger partial charge in [-0.1, -0.05) is 12.1 Å². The summed E-state index contributed by atoms with van der Waals surface area (Å²) < 4.78 is 37.4. The molecule has 8 heteroatoms. The van der Waals surface area contributed by atoms with E-state index in [2.05, 4.69) is 0 Å². The number of sulfone groups is 1. The van der Waals surface area contributed by atoms with Gasteiger partial charge in [-0.05, 0) is 43.5 Å². The second kappa shape index (κ2) is 6.81. The lowest BCUT2D eigenvalue weighted by Gasteiger charge is -2.32. The molecule has 0 aromatic heterocycles. The van der Waals surface area contributed by atoms with Crippen LogP contribution < -0.4 is 14.4 Å². The molecule has 0 unspecified atom stereocenters. The van der Waals surface area contributed by atoms with E-state index >= 15 is 0 Å². The summed E-state index contributed by atoms with van der Waals surface area (Å²) in [5.74, 6) is 0.788. The monoisotopic (exact) mass is 412 g/mol. The molecule has 1 amide bonds. The second-order valence-corrected chi connectivity index (χ2v) is 9.11. The van der Waals surface area contributed by atoms with Crippen LogP contribution in [0.25, 0.3) is 0 Å². The lowest BCUT2D eigenvalue weighted by atomic mass is 10.1. The summed E-state index contributed by atoms with van der Waals surface area (Å²) in [6, 6.07) is 12.1. The predicted octanol–water partition coefficient (Wildman–Crippen LogP) is 3.19. The molecule has 1 fully saturated rings. The number of amides is 1. The fourth-order valence-corrected chi connectivity index (χ4v) is 5.47. The number of benzene rings is 2. The third-order valence-corrected chi connectivity index (χ3v) is 7.22. The van der Waals surface area contributed by atoms with Gasteiger partial charge in [0, 0.05) is 31.0 Å². The number of para-hydroxylation sites is 1. The topological polar surface area (TPSA) is 76.1 Å². The van der Waals surface area contributed by atoms with Crippen LogP contribution >= 0.6 is 0 Å². The van der Waals surface area contributed by atoms with Gasteiger partial charge in [0.15, 0.2) is 16.4 Å². The Morgan fingerprint density at radius 2 is 1.69 bits per heavy atom. The van der Waals surface area contributed by atoms with E-state index in [4.69, 9.17) is 9.47 Å². The summed E-state index contributed by atoms with van der Waals surface area (Å²) in [6.07, 6.45) is 4.27. The van der Waals surface area contributed by atoms with Gasteiger partial charge in [0.25, 0.3) is 5.91 Å². The van der Waals surface area contributed by atoms with E-state index in [0.717, 1.165) is 19.3 Å². The number of ether oxygens (including phenoxy) is 2. The minimum atomic E-state index is -3.91. The van der Waals surface area contributed by atoms with Gasteiger partial charge < -0.3 is 19.3 Å². The highest BCUT2D eigenvalue weighted by molar-refractivity contribution is 7.96. The minimum Gasteiger partial charge on any atom is -0.454 e. The first-order valence-electron chi connectivity index (χ1n) is 9.60. The second-order valence-electron chi connectivity index (χ2n) is 7.22. The Balaban J connectivity index is 1.63. The molecule has 0 atom stereocenters. The van der Waals surface area contributed by atoms with E-state index in [0.29, 0.717) is 36.0 Å². The number of carbonyl (C=O) groups is 1. The van der Waals surface area contributed by atoms with Crippen molar-refractivity contribution in [2.75, 3.05) is 24.8 Å². The van der Waals surface area contributed by atoms with Crippen LogP contribution in [0.15, 0.2) is 58.5 Å². The van der Waals surface area contributed by atoms with E-state index in [9.17, 15) is 13.2 Å². The molecule has 0 radical (unpaired) electrons. The van der Waals surface area contributed by atoms with E-state index in [-0.39, 0.29) is 16.6 Å². The Labute approximate surface area is 169 Å². The maximum Gasteiger partial charge on any atom is 0.267 e. The number of carbonyl (C=O) groups excluding carboxylic acids is 1. The first kappa shape index (κ1) is 18.1.